The van der Waals surface area contributed by atoms with Gasteiger partial charge in [-0.3, -0.25) is 4.68 Å². The fraction of sp³-hybridized carbons (Fsp3) is 0.447. The molecular formula is C47H60N4O6. The van der Waals surface area contributed by atoms with E-state index in [4.69, 9.17) is 24.1 Å². The fourth-order valence-electron chi connectivity index (χ4n) is 7.44. The molecule has 0 radical (unpaired) electrons. The van der Waals surface area contributed by atoms with Crippen LogP contribution in [0, 0.1) is 0 Å². The van der Waals surface area contributed by atoms with Crippen LogP contribution in [0.4, 0.5) is 0 Å². The standard InChI is InChI=1S/C47H60N4O6/c52-30-20-6-4-2-1-3-5-19-29-51-32-41(49-50-51)31-48-42-43(53)45(55-34-38-23-13-8-14-24-38)47(57-36-40-27-17-10-18-28-40)46(56-35-39-25-15-9-16-26-39)44(42)54-33-37-21-11-7-12-22-37/h7-18,21-28,32,42-48,52-53H,1-6,19-20,29-31,33-36H2/t42-,43-,44+,45+,46-,47-/m1/s1. The third-order valence-corrected chi connectivity index (χ3v) is 10.6. The van der Waals surface area contributed by atoms with Crippen molar-refractivity contribution in [1.29, 1.82) is 0 Å². The van der Waals surface area contributed by atoms with Gasteiger partial charge in [0.15, 0.2) is 0 Å². The van der Waals surface area contributed by atoms with Crippen molar-refractivity contribution < 1.29 is 29.2 Å². The zero-order chi connectivity index (χ0) is 39.3. The summed E-state index contributed by atoms with van der Waals surface area (Å²) >= 11 is 0. The molecule has 10 nitrogen and oxygen atoms in total. The summed E-state index contributed by atoms with van der Waals surface area (Å²) in [5.74, 6) is 0. The van der Waals surface area contributed by atoms with E-state index in [9.17, 15) is 5.11 Å². The minimum Gasteiger partial charge on any atom is -0.396 e. The van der Waals surface area contributed by atoms with Crippen molar-refractivity contribution in [2.75, 3.05) is 6.61 Å². The van der Waals surface area contributed by atoms with Crippen LogP contribution in [0.15, 0.2) is 128 Å². The number of rotatable bonds is 25. The second-order valence-corrected chi connectivity index (χ2v) is 15.0. The molecule has 304 valence electrons. The van der Waals surface area contributed by atoms with Crippen LogP contribution in [0.3, 0.4) is 0 Å². The van der Waals surface area contributed by atoms with Crippen molar-refractivity contribution in [2.24, 2.45) is 0 Å². The average molecular weight is 777 g/mol. The van der Waals surface area contributed by atoms with E-state index in [-0.39, 0.29) is 6.61 Å². The molecule has 57 heavy (non-hydrogen) atoms. The molecule has 4 aromatic carbocycles. The van der Waals surface area contributed by atoms with E-state index < -0.39 is 36.6 Å². The van der Waals surface area contributed by atoms with Crippen LogP contribution in [0.25, 0.3) is 0 Å². The molecule has 6 atom stereocenters. The van der Waals surface area contributed by atoms with Crippen molar-refractivity contribution in [3.63, 3.8) is 0 Å². The Morgan fingerprint density at radius 2 is 0.912 bits per heavy atom. The molecule has 1 fully saturated rings. The third kappa shape index (κ3) is 13.7. The Balaban J connectivity index is 1.21. The number of nitrogens with one attached hydrogen (secondary N) is 1. The fourth-order valence-corrected chi connectivity index (χ4v) is 7.44. The molecule has 1 aromatic heterocycles. The highest BCUT2D eigenvalue weighted by Crippen LogP contribution is 2.33. The highest BCUT2D eigenvalue weighted by Gasteiger charge is 2.53. The number of nitrogens with zero attached hydrogens (tertiary/aromatic N) is 3. The first-order valence-corrected chi connectivity index (χ1v) is 20.7. The predicted molar refractivity (Wildman–Crippen MR) is 221 cm³/mol. The van der Waals surface area contributed by atoms with E-state index in [1.54, 1.807) is 0 Å². The van der Waals surface area contributed by atoms with E-state index in [0.29, 0.717) is 33.0 Å². The van der Waals surface area contributed by atoms with Gasteiger partial charge in [-0.25, -0.2) is 0 Å². The first-order chi connectivity index (χ1) is 28.2. The molecule has 0 amide bonds. The Morgan fingerprint density at radius 3 is 1.39 bits per heavy atom. The zero-order valence-electron chi connectivity index (χ0n) is 33.1. The van der Waals surface area contributed by atoms with Crippen LogP contribution in [-0.4, -0.2) is 68.4 Å². The largest absolute Gasteiger partial charge is 0.396 e. The highest BCUT2D eigenvalue weighted by atomic mass is 16.6. The van der Waals surface area contributed by atoms with Crippen LogP contribution in [-0.2, 0) is 58.5 Å². The molecule has 0 spiro atoms. The molecular weight excluding hydrogens is 717 g/mol. The lowest BCUT2D eigenvalue weighted by atomic mass is 9.82. The first kappa shape index (κ1) is 42.3. The van der Waals surface area contributed by atoms with E-state index in [1.807, 2.05) is 132 Å². The lowest BCUT2D eigenvalue weighted by Crippen LogP contribution is -2.69. The summed E-state index contributed by atoms with van der Waals surface area (Å²) in [4.78, 5) is 0. The number of aliphatic hydroxyl groups is 2. The van der Waals surface area contributed by atoms with Gasteiger partial charge in [0.2, 0.25) is 0 Å². The number of ether oxygens (including phenoxy) is 4. The van der Waals surface area contributed by atoms with Crippen LogP contribution < -0.4 is 5.32 Å². The number of aryl methyl sites for hydroxylation is 1. The van der Waals surface area contributed by atoms with Crippen LogP contribution in [0.1, 0.15) is 79.3 Å². The van der Waals surface area contributed by atoms with E-state index >= 15 is 0 Å². The van der Waals surface area contributed by atoms with Crippen molar-refractivity contribution in [3.8, 4) is 0 Å². The Morgan fingerprint density at radius 1 is 0.509 bits per heavy atom. The molecule has 1 aliphatic rings. The maximum absolute atomic E-state index is 12.4. The third-order valence-electron chi connectivity index (χ3n) is 10.6. The Hall–Kier alpha value is -4.26. The highest BCUT2D eigenvalue weighted by molar-refractivity contribution is 5.18. The number of unbranched alkanes of at least 4 members (excludes halogenated alkanes) is 7. The summed E-state index contributed by atoms with van der Waals surface area (Å²) in [6.45, 7) is 2.71. The molecule has 1 saturated carbocycles. The van der Waals surface area contributed by atoms with E-state index in [2.05, 4.69) is 15.6 Å². The molecule has 5 aromatic rings. The van der Waals surface area contributed by atoms with Gasteiger partial charge in [-0.2, -0.15) is 0 Å². The van der Waals surface area contributed by atoms with Gasteiger partial charge >= 0.3 is 0 Å². The second kappa shape index (κ2) is 23.8. The topological polar surface area (TPSA) is 120 Å². The summed E-state index contributed by atoms with van der Waals surface area (Å²) in [5.41, 5.74) is 4.82. The summed E-state index contributed by atoms with van der Waals surface area (Å²) < 4.78 is 29.0. The summed E-state index contributed by atoms with van der Waals surface area (Å²) in [7, 11) is 0. The Labute approximate surface area is 338 Å². The van der Waals surface area contributed by atoms with Gasteiger partial charge in [0.1, 0.15) is 30.5 Å². The minimum atomic E-state index is -1.02. The molecule has 6 rings (SSSR count). The molecule has 1 heterocycles. The smallest absolute Gasteiger partial charge is 0.115 e. The van der Waals surface area contributed by atoms with E-state index in [0.717, 1.165) is 60.2 Å². The quantitative estimate of drug-likeness (QED) is 0.0516. The van der Waals surface area contributed by atoms with Crippen molar-refractivity contribution in [1.82, 2.24) is 20.3 Å². The molecule has 3 N–H and O–H groups in total. The van der Waals surface area contributed by atoms with Crippen molar-refractivity contribution in [2.45, 2.75) is 127 Å². The maximum atomic E-state index is 12.4. The lowest BCUT2D eigenvalue weighted by Gasteiger charge is -2.49. The van der Waals surface area contributed by atoms with Gasteiger partial charge in [-0.05, 0) is 35.1 Å². The van der Waals surface area contributed by atoms with Crippen molar-refractivity contribution in [3.05, 3.63) is 155 Å². The van der Waals surface area contributed by atoms with E-state index in [1.165, 1.54) is 25.7 Å². The normalized spacial score (nSPS) is 20.8. The molecule has 10 heteroatoms. The molecule has 1 aliphatic carbocycles. The van der Waals surface area contributed by atoms with Gasteiger partial charge in [0, 0.05) is 25.9 Å². The molecule has 0 bridgehead atoms. The molecule has 0 saturated heterocycles. The van der Waals surface area contributed by atoms with Crippen LogP contribution in [0.2, 0.25) is 0 Å². The minimum absolute atomic E-state index is 0.289. The van der Waals surface area contributed by atoms with Gasteiger partial charge in [0.25, 0.3) is 0 Å². The van der Waals surface area contributed by atoms with Gasteiger partial charge in [-0.15, -0.1) is 5.10 Å². The number of benzene rings is 4. The number of hydrogen-bond acceptors (Lipinski definition) is 9. The monoisotopic (exact) mass is 776 g/mol. The number of aliphatic hydroxyl groups excluding tert-OH is 2. The van der Waals surface area contributed by atoms with Gasteiger partial charge < -0.3 is 34.5 Å². The number of hydrogen-bond donors (Lipinski definition) is 3. The van der Waals surface area contributed by atoms with Crippen LogP contribution in [0.5, 0.6) is 0 Å². The Kier molecular flexibility index (Phi) is 17.7. The molecule has 0 aliphatic heterocycles. The predicted octanol–water partition coefficient (Wildman–Crippen LogP) is 7.57. The zero-order valence-corrected chi connectivity index (χ0v) is 33.1. The average Bonchev–Trinajstić information content (AvgIpc) is 3.72. The summed E-state index contributed by atoms with van der Waals surface area (Å²) in [5, 5.41) is 33.9. The first-order valence-electron chi connectivity index (χ1n) is 20.7. The van der Waals surface area contributed by atoms with Gasteiger partial charge in [0.05, 0.1) is 38.2 Å². The van der Waals surface area contributed by atoms with Gasteiger partial charge in [-0.1, -0.05) is 165 Å². The summed E-state index contributed by atoms with van der Waals surface area (Å²) in [6, 6.07) is 39.5. The molecule has 0 unspecified atom stereocenters. The lowest BCUT2D eigenvalue weighted by molar-refractivity contribution is -0.251. The second-order valence-electron chi connectivity index (χ2n) is 15.0. The van der Waals surface area contributed by atoms with Crippen LogP contribution >= 0.6 is 0 Å². The number of aromatic nitrogens is 3. The Bertz CT molecular complexity index is 1780. The SMILES string of the molecule is OCCCCCCCCCCn1cc(CN[C@@H]2[C@@H](O)[C@H](OCc3ccccc3)[C@@H](OCc3ccccc3)[C@H](OCc3ccccc3)[C@H]2OCc2ccccc2)nn1. The summed E-state index contributed by atoms with van der Waals surface area (Å²) in [6.07, 6.45) is 7.30. The van der Waals surface area contributed by atoms with Crippen molar-refractivity contribution >= 4 is 0 Å². The maximum Gasteiger partial charge on any atom is 0.115 e.